The monoisotopic (exact) mass is 401 g/mol. The number of nitrogens with zero attached hydrogens (tertiary/aromatic N) is 2. The Morgan fingerprint density at radius 2 is 2.11 bits per heavy atom. The van der Waals surface area contributed by atoms with Crippen molar-refractivity contribution in [1.82, 2.24) is 10.3 Å². The third-order valence-electron chi connectivity index (χ3n) is 4.16. The molecule has 9 nitrogen and oxygen atoms in total. The molecule has 0 fully saturated rings. The highest BCUT2D eigenvalue weighted by Gasteiger charge is 2.18. The van der Waals surface area contributed by atoms with Crippen LogP contribution in [0.15, 0.2) is 46.0 Å². The molecule has 0 saturated carbocycles. The van der Waals surface area contributed by atoms with Gasteiger partial charge in [0.1, 0.15) is 5.52 Å². The third kappa shape index (κ3) is 3.72. The minimum Gasteiger partial charge on any atom is -0.454 e. The van der Waals surface area contributed by atoms with Crippen molar-refractivity contribution in [1.29, 1.82) is 0 Å². The molecule has 28 heavy (non-hydrogen) atoms. The van der Waals surface area contributed by atoms with Gasteiger partial charge in [-0.25, -0.2) is 4.98 Å². The number of nitro groups is 1. The predicted molar refractivity (Wildman–Crippen MR) is 101 cm³/mol. The lowest BCUT2D eigenvalue weighted by Gasteiger charge is -2.14. The number of amides is 1. The lowest BCUT2D eigenvalue weighted by atomic mass is 10.1. The van der Waals surface area contributed by atoms with E-state index in [2.05, 4.69) is 10.3 Å². The van der Waals surface area contributed by atoms with Gasteiger partial charge in [-0.15, -0.1) is 0 Å². The maximum atomic E-state index is 12.2. The van der Waals surface area contributed by atoms with E-state index in [1.54, 1.807) is 0 Å². The van der Waals surface area contributed by atoms with E-state index in [0.717, 1.165) is 17.3 Å². The second kappa shape index (κ2) is 7.39. The van der Waals surface area contributed by atoms with Crippen LogP contribution in [0.25, 0.3) is 11.1 Å². The van der Waals surface area contributed by atoms with Gasteiger partial charge in [-0.05, 0) is 30.7 Å². The molecular weight excluding hydrogens is 386 g/mol. The number of non-ortho nitro benzene ring substituents is 1. The van der Waals surface area contributed by atoms with Gasteiger partial charge in [0.05, 0.1) is 16.7 Å². The number of benzene rings is 2. The third-order valence-corrected chi connectivity index (χ3v) is 4.99. The normalized spacial score (nSPS) is 13.5. The first-order valence-corrected chi connectivity index (χ1v) is 9.35. The zero-order valence-corrected chi connectivity index (χ0v) is 15.5. The molecule has 0 unspecified atom stereocenters. The van der Waals surface area contributed by atoms with E-state index in [1.165, 1.54) is 18.2 Å². The second-order valence-corrected chi connectivity index (χ2v) is 7.01. The Morgan fingerprint density at radius 3 is 2.93 bits per heavy atom. The average molecular weight is 401 g/mol. The van der Waals surface area contributed by atoms with Crippen molar-refractivity contribution in [2.75, 3.05) is 12.5 Å². The van der Waals surface area contributed by atoms with Gasteiger partial charge in [-0.1, -0.05) is 17.8 Å². The minimum absolute atomic E-state index is 0.0624. The number of hydrogen-bond donors (Lipinski definition) is 1. The highest BCUT2D eigenvalue weighted by atomic mass is 32.2. The minimum atomic E-state index is -0.494. The van der Waals surface area contributed by atoms with Crippen LogP contribution in [0.3, 0.4) is 0 Å². The molecule has 0 radical (unpaired) electrons. The van der Waals surface area contributed by atoms with Crippen LogP contribution in [-0.4, -0.2) is 28.4 Å². The second-order valence-electron chi connectivity index (χ2n) is 6.08. The summed E-state index contributed by atoms with van der Waals surface area (Å²) in [6.45, 7) is 2.07. The molecule has 0 aliphatic carbocycles. The van der Waals surface area contributed by atoms with Gasteiger partial charge in [-0.2, -0.15) is 0 Å². The number of carbonyl (C=O) groups excluding carboxylic acids is 1. The van der Waals surface area contributed by atoms with Crippen LogP contribution in [0, 0.1) is 10.1 Å². The van der Waals surface area contributed by atoms with Gasteiger partial charge in [0, 0.05) is 12.1 Å². The molecule has 1 aromatic heterocycles. The lowest BCUT2D eigenvalue weighted by Crippen LogP contribution is -2.28. The van der Waals surface area contributed by atoms with Crippen molar-refractivity contribution in [2.45, 2.75) is 18.2 Å². The van der Waals surface area contributed by atoms with Crippen molar-refractivity contribution in [2.24, 2.45) is 0 Å². The number of oxazole rings is 1. The summed E-state index contributed by atoms with van der Waals surface area (Å²) in [6, 6.07) is 9.49. The first kappa shape index (κ1) is 18.1. The fourth-order valence-corrected chi connectivity index (χ4v) is 3.40. The van der Waals surface area contributed by atoms with Crippen LogP contribution < -0.4 is 14.8 Å². The zero-order valence-electron chi connectivity index (χ0n) is 14.7. The molecule has 1 aliphatic heterocycles. The van der Waals surface area contributed by atoms with Gasteiger partial charge in [0.2, 0.25) is 12.7 Å². The fourth-order valence-electron chi connectivity index (χ4n) is 2.75. The Labute approximate surface area is 163 Å². The quantitative estimate of drug-likeness (QED) is 0.379. The Bertz CT molecular complexity index is 1070. The number of carbonyl (C=O) groups is 1. The smallest absolute Gasteiger partial charge is 0.271 e. The number of nitro benzene ring substituents is 1. The molecule has 4 rings (SSSR count). The first-order valence-electron chi connectivity index (χ1n) is 8.36. The summed E-state index contributed by atoms with van der Waals surface area (Å²) in [6.07, 6.45) is 0. The first-order chi connectivity index (χ1) is 13.5. The summed E-state index contributed by atoms with van der Waals surface area (Å²) in [4.78, 5) is 26.8. The predicted octanol–water partition coefficient (Wildman–Crippen LogP) is 3.43. The van der Waals surface area contributed by atoms with Crippen molar-refractivity contribution >= 4 is 34.5 Å². The number of thioether (sulfide) groups is 1. The molecule has 3 aromatic rings. The molecule has 0 saturated heterocycles. The molecule has 2 heterocycles. The Kier molecular flexibility index (Phi) is 4.78. The maximum absolute atomic E-state index is 12.2. The Balaban J connectivity index is 1.36. The molecule has 0 spiro atoms. The van der Waals surface area contributed by atoms with Crippen molar-refractivity contribution < 1.29 is 23.6 Å². The van der Waals surface area contributed by atoms with Crippen LogP contribution in [0.2, 0.25) is 0 Å². The topological polar surface area (TPSA) is 117 Å². The van der Waals surface area contributed by atoms with E-state index in [1.807, 2.05) is 25.1 Å². The van der Waals surface area contributed by atoms with Crippen LogP contribution >= 0.6 is 11.8 Å². The highest BCUT2D eigenvalue weighted by Crippen LogP contribution is 2.34. The zero-order chi connectivity index (χ0) is 19.7. The number of ether oxygens (including phenoxy) is 2. The molecule has 2 aromatic carbocycles. The molecular formula is C18H15N3O6S. The molecule has 1 aliphatic rings. The Hall–Kier alpha value is -3.27. The van der Waals surface area contributed by atoms with Gasteiger partial charge in [0.15, 0.2) is 17.1 Å². The van der Waals surface area contributed by atoms with E-state index >= 15 is 0 Å². The van der Waals surface area contributed by atoms with E-state index in [4.69, 9.17) is 13.9 Å². The number of fused-ring (bicyclic) bond motifs is 2. The summed E-state index contributed by atoms with van der Waals surface area (Å²) in [5.41, 5.74) is 1.65. The van der Waals surface area contributed by atoms with Crippen molar-refractivity contribution in [3.63, 3.8) is 0 Å². The van der Waals surface area contributed by atoms with Gasteiger partial charge in [0.25, 0.3) is 10.9 Å². The standard InChI is InChI=1S/C18H15N3O6S/c1-10(11-2-4-15-16(6-11)26-9-25-15)19-17(22)8-28-18-20-13-7-12(21(23)24)3-5-14(13)27-18/h2-7,10H,8-9H2,1H3,(H,19,22)/t10-/m1/s1. The number of aromatic nitrogens is 1. The van der Waals surface area contributed by atoms with Crippen LogP contribution in [0.1, 0.15) is 18.5 Å². The molecule has 0 bridgehead atoms. The van der Waals surface area contributed by atoms with Crippen molar-refractivity contribution in [3.05, 3.63) is 52.1 Å². The SMILES string of the molecule is C[C@@H](NC(=O)CSc1nc2cc([N+](=O)[O-])ccc2o1)c1ccc2c(c1)OCO2. The van der Waals surface area contributed by atoms with Gasteiger partial charge < -0.3 is 19.2 Å². The van der Waals surface area contributed by atoms with E-state index in [9.17, 15) is 14.9 Å². The maximum Gasteiger partial charge on any atom is 0.271 e. The summed E-state index contributed by atoms with van der Waals surface area (Å²) in [7, 11) is 0. The Morgan fingerprint density at radius 1 is 1.29 bits per heavy atom. The average Bonchev–Trinajstić information content (AvgIpc) is 3.31. The van der Waals surface area contributed by atoms with Crippen molar-refractivity contribution in [3.8, 4) is 11.5 Å². The number of rotatable bonds is 6. The lowest BCUT2D eigenvalue weighted by molar-refractivity contribution is -0.384. The van der Waals surface area contributed by atoms with Gasteiger partial charge >= 0.3 is 0 Å². The van der Waals surface area contributed by atoms with Crippen LogP contribution in [-0.2, 0) is 4.79 Å². The summed E-state index contributed by atoms with van der Waals surface area (Å²) >= 11 is 1.12. The molecule has 144 valence electrons. The molecule has 1 amide bonds. The van der Waals surface area contributed by atoms with Gasteiger partial charge in [-0.3, -0.25) is 14.9 Å². The molecule has 1 N–H and O–H groups in total. The summed E-state index contributed by atoms with van der Waals surface area (Å²) in [5, 5.41) is 14.0. The summed E-state index contributed by atoms with van der Waals surface area (Å²) in [5.74, 6) is 1.26. The van der Waals surface area contributed by atoms with E-state index in [-0.39, 0.29) is 35.4 Å². The fraction of sp³-hybridized carbons (Fsp3) is 0.222. The number of hydrogen-bond acceptors (Lipinski definition) is 8. The highest BCUT2D eigenvalue weighted by molar-refractivity contribution is 7.99. The van der Waals surface area contributed by atoms with E-state index < -0.39 is 4.92 Å². The van der Waals surface area contributed by atoms with Crippen LogP contribution in [0.4, 0.5) is 5.69 Å². The van der Waals surface area contributed by atoms with Crippen LogP contribution in [0.5, 0.6) is 11.5 Å². The van der Waals surface area contributed by atoms with E-state index in [0.29, 0.717) is 22.6 Å². The summed E-state index contributed by atoms with van der Waals surface area (Å²) < 4.78 is 16.1. The molecule has 1 atom stereocenters. The number of nitrogens with one attached hydrogen (secondary N) is 1. The molecule has 10 heteroatoms. The largest absolute Gasteiger partial charge is 0.454 e.